The Kier molecular flexibility index (Phi) is 7.96. The predicted molar refractivity (Wildman–Crippen MR) is 153 cm³/mol. The summed E-state index contributed by atoms with van der Waals surface area (Å²) in [5, 5.41) is 13.6. The second-order valence-electron chi connectivity index (χ2n) is 8.80. The molecule has 0 fully saturated rings. The molecule has 2 heterocycles. The molecule has 7 nitrogen and oxygen atoms in total. The van der Waals surface area contributed by atoms with Crippen molar-refractivity contribution in [1.29, 1.82) is 5.26 Å². The Morgan fingerprint density at radius 3 is 2.62 bits per heavy atom. The molecule has 5 rings (SSSR count). The minimum Gasteiger partial charge on any atom is -0.497 e. The van der Waals surface area contributed by atoms with Gasteiger partial charge in [0.25, 0.3) is 0 Å². The summed E-state index contributed by atoms with van der Waals surface area (Å²) in [6.45, 7) is 0. The summed E-state index contributed by atoms with van der Waals surface area (Å²) in [5.41, 5.74) is 5.78. The molecular formula is C30H25N3O4S2. The lowest BCUT2D eigenvalue weighted by Gasteiger charge is -2.16. The number of thioether (sulfide) groups is 1. The van der Waals surface area contributed by atoms with E-state index < -0.39 is 5.97 Å². The Balaban J connectivity index is 1.30. The first-order valence-corrected chi connectivity index (χ1v) is 14.1. The van der Waals surface area contributed by atoms with Gasteiger partial charge in [0.2, 0.25) is 5.91 Å². The number of thiophene rings is 1. The first-order chi connectivity index (χ1) is 19.0. The first-order valence-electron chi connectivity index (χ1n) is 12.3. The smallest absolute Gasteiger partial charge is 0.341 e. The van der Waals surface area contributed by atoms with Gasteiger partial charge in [-0.2, -0.15) is 5.26 Å². The van der Waals surface area contributed by atoms with Crippen LogP contribution in [0, 0.1) is 11.3 Å². The van der Waals surface area contributed by atoms with E-state index in [0.29, 0.717) is 33.3 Å². The number of aromatic nitrogens is 1. The number of rotatable bonds is 8. The summed E-state index contributed by atoms with van der Waals surface area (Å²) in [6, 6.07) is 21.4. The second-order valence-corrected chi connectivity index (χ2v) is 10.9. The van der Waals surface area contributed by atoms with Crippen molar-refractivity contribution < 1.29 is 19.1 Å². The van der Waals surface area contributed by atoms with Crippen LogP contribution in [-0.4, -0.2) is 36.8 Å². The largest absolute Gasteiger partial charge is 0.497 e. The SMILES string of the molecule is COC(=O)c1c(NC(=O)CCSc2nc(-c3ccc(OC)cc3)ccc2C#N)sc2c1CCc1ccccc1-2. The van der Waals surface area contributed by atoms with Crippen LogP contribution in [0.4, 0.5) is 5.00 Å². The number of carbonyl (C=O) groups is 2. The molecule has 0 saturated carbocycles. The number of anilines is 1. The van der Waals surface area contributed by atoms with Gasteiger partial charge in [-0.15, -0.1) is 23.1 Å². The van der Waals surface area contributed by atoms with Gasteiger partial charge >= 0.3 is 5.97 Å². The monoisotopic (exact) mass is 555 g/mol. The molecule has 0 bridgehead atoms. The van der Waals surface area contributed by atoms with E-state index in [1.54, 1.807) is 13.2 Å². The molecular weight excluding hydrogens is 530 g/mol. The molecule has 1 N–H and O–H groups in total. The summed E-state index contributed by atoms with van der Waals surface area (Å²) in [6.07, 6.45) is 1.73. The topological polar surface area (TPSA) is 101 Å². The van der Waals surface area contributed by atoms with E-state index in [2.05, 4.69) is 22.4 Å². The quantitative estimate of drug-likeness (QED) is 0.199. The van der Waals surface area contributed by atoms with Crippen molar-refractivity contribution in [2.24, 2.45) is 0 Å². The van der Waals surface area contributed by atoms with Crippen molar-refractivity contribution in [2.45, 2.75) is 24.3 Å². The lowest BCUT2D eigenvalue weighted by molar-refractivity contribution is -0.115. The highest BCUT2D eigenvalue weighted by atomic mass is 32.2. The molecule has 0 atom stereocenters. The summed E-state index contributed by atoms with van der Waals surface area (Å²) in [7, 11) is 2.97. The minimum atomic E-state index is -0.449. The average Bonchev–Trinajstić information content (AvgIpc) is 3.35. The molecule has 1 aliphatic carbocycles. The minimum absolute atomic E-state index is 0.184. The zero-order valence-electron chi connectivity index (χ0n) is 21.4. The van der Waals surface area contributed by atoms with Crippen molar-refractivity contribution in [3.63, 3.8) is 0 Å². The number of pyridine rings is 1. The van der Waals surface area contributed by atoms with Crippen molar-refractivity contribution in [3.05, 3.63) is 82.9 Å². The summed E-state index contributed by atoms with van der Waals surface area (Å²) in [4.78, 5) is 31.3. The maximum Gasteiger partial charge on any atom is 0.341 e. The number of benzene rings is 2. The fraction of sp³-hybridized carbons (Fsp3) is 0.200. The standard InChI is InChI=1S/C30H25N3O4S2/c1-36-21-11-7-19(8-12-21)24-14-10-20(17-31)28(32-24)38-16-15-25(34)33-29-26(30(35)37-2)23-13-9-18-5-3-4-6-22(18)27(23)39-29/h3-8,10-12,14H,9,13,15-16H2,1-2H3,(H,33,34). The first kappa shape index (κ1) is 26.5. The Bertz CT molecular complexity index is 1590. The zero-order chi connectivity index (χ0) is 27.4. The van der Waals surface area contributed by atoms with Crippen LogP contribution in [-0.2, 0) is 22.4 Å². The van der Waals surface area contributed by atoms with Crippen LogP contribution >= 0.6 is 23.1 Å². The van der Waals surface area contributed by atoms with Crippen molar-refractivity contribution >= 4 is 40.0 Å². The molecule has 2 aromatic carbocycles. The highest BCUT2D eigenvalue weighted by Crippen LogP contribution is 2.45. The summed E-state index contributed by atoms with van der Waals surface area (Å²) in [5.74, 6) is 0.499. The number of amides is 1. The highest BCUT2D eigenvalue weighted by molar-refractivity contribution is 7.99. The van der Waals surface area contributed by atoms with Crippen LogP contribution in [0.3, 0.4) is 0 Å². The number of ether oxygens (including phenoxy) is 2. The highest BCUT2D eigenvalue weighted by Gasteiger charge is 2.29. The number of carbonyl (C=O) groups excluding carboxylic acids is 2. The number of hydrogen-bond acceptors (Lipinski definition) is 8. The van der Waals surface area contributed by atoms with E-state index in [9.17, 15) is 14.9 Å². The van der Waals surface area contributed by atoms with Gasteiger partial charge in [0.1, 0.15) is 21.8 Å². The molecule has 0 spiro atoms. The number of nitrogens with zero attached hydrogens (tertiary/aromatic N) is 2. The molecule has 0 saturated heterocycles. The van der Waals surface area contributed by atoms with E-state index in [1.165, 1.54) is 35.8 Å². The molecule has 4 aromatic rings. The van der Waals surface area contributed by atoms with E-state index >= 15 is 0 Å². The molecule has 39 heavy (non-hydrogen) atoms. The third-order valence-corrected chi connectivity index (χ3v) is 8.66. The number of methoxy groups -OCH3 is 2. The number of esters is 1. The molecule has 2 aromatic heterocycles. The van der Waals surface area contributed by atoms with Crippen LogP contribution in [0.1, 0.15) is 33.5 Å². The maximum absolute atomic E-state index is 13.0. The van der Waals surface area contributed by atoms with Crippen molar-refractivity contribution in [2.75, 3.05) is 25.3 Å². The van der Waals surface area contributed by atoms with Crippen LogP contribution in [0.15, 0.2) is 65.7 Å². The third kappa shape index (κ3) is 5.53. The Morgan fingerprint density at radius 2 is 1.87 bits per heavy atom. The fourth-order valence-corrected chi connectivity index (χ4v) is 6.76. The zero-order valence-corrected chi connectivity index (χ0v) is 23.1. The van der Waals surface area contributed by atoms with Crippen LogP contribution in [0.25, 0.3) is 21.7 Å². The van der Waals surface area contributed by atoms with Gasteiger partial charge in [-0.25, -0.2) is 9.78 Å². The van der Waals surface area contributed by atoms with Gasteiger partial charge in [0.15, 0.2) is 0 Å². The van der Waals surface area contributed by atoms with Crippen LogP contribution in [0.5, 0.6) is 5.75 Å². The van der Waals surface area contributed by atoms with Gasteiger partial charge in [-0.05, 0) is 65.9 Å². The average molecular weight is 556 g/mol. The van der Waals surface area contributed by atoms with Crippen molar-refractivity contribution in [3.8, 4) is 33.5 Å². The lowest BCUT2D eigenvalue weighted by atomic mass is 9.89. The molecule has 0 aliphatic heterocycles. The molecule has 1 aliphatic rings. The number of fused-ring (bicyclic) bond motifs is 3. The third-order valence-electron chi connectivity index (χ3n) is 6.49. The Hall–Kier alpha value is -4.13. The predicted octanol–water partition coefficient (Wildman–Crippen LogP) is 6.36. The molecule has 196 valence electrons. The van der Waals surface area contributed by atoms with Gasteiger partial charge in [-0.3, -0.25) is 4.79 Å². The van der Waals surface area contributed by atoms with Gasteiger partial charge in [0.05, 0.1) is 31.0 Å². The molecule has 0 unspecified atom stereocenters. The summed E-state index contributed by atoms with van der Waals surface area (Å²) >= 11 is 2.76. The lowest BCUT2D eigenvalue weighted by Crippen LogP contribution is -2.15. The van der Waals surface area contributed by atoms with Gasteiger partial charge in [0, 0.05) is 22.6 Å². The van der Waals surface area contributed by atoms with E-state index in [0.717, 1.165) is 39.4 Å². The number of nitriles is 1. The Morgan fingerprint density at radius 1 is 1.08 bits per heavy atom. The fourth-order valence-electron chi connectivity index (χ4n) is 4.53. The molecule has 1 amide bonds. The van der Waals surface area contributed by atoms with E-state index in [1.807, 2.05) is 48.5 Å². The van der Waals surface area contributed by atoms with Crippen molar-refractivity contribution in [1.82, 2.24) is 4.98 Å². The Labute approximate surface area is 234 Å². The van der Waals surface area contributed by atoms with Crippen LogP contribution < -0.4 is 10.1 Å². The van der Waals surface area contributed by atoms with Crippen LogP contribution in [0.2, 0.25) is 0 Å². The number of hydrogen-bond donors (Lipinski definition) is 1. The van der Waals surface area contributed by atoms with E-state index in [4.69, 9.17) is 9.47 Å². The maximum atomic E-state index is 13.0. The van der Waals surface area contributed by atoms with Gasteiger partial charge < -0.3 is 14.8 Å². The molecule has 0 radical (unpaired) electrons. The number of nitrogens with one attached hydrogen (secondary N) is 1. The molecule has 9 heteroatoms. The second kappa shape index (κ2) is 11.7. The van der Waals surface area contributed by atoms with Gasteiger partial charge in [-0.1, -0.05) is 24.3 Å². The normalized spacial score (nSPS) is 11.6. The number of aryl methyl sites for hydroxylation is 1. The summed E-state index contributed by atoms with van der Waals surface area (Å²) < 4.78 is 10.3. The van der Waals surface area contributed by atoms with E-state index in [-0.39, 0.29) is 12.3 Å².